The summed E-state index contributed by atoms with van der Waals surface area (Å²) in [5.41, 5.74) is 0.268. The average molecular weight is 591 g/mol. The number of anilines is 2. The monoisotopic (exact) mass is 590 g/mol. The third-order valence-corrected chi connectivity index (χ3v) is 7.59. The number of amides is 2. The topological polar surface area (TPSA) is 47.1 Å². The van der Waals surface area contributed by atoms with Gasteiger partial charge in [0, 0.05) is 74.9 Å². The highest BCUT2D eigenvalue weighted by Crippen LogP contribution is 2.33. The summed E-state index contributed by atoms with van der Waals surface area (Å²) in [6.45, 7) is 2.90. The molecule has 0 N–H and O–H groups in total. The Bertz CT molecular complexity index is 1320. The molecule has 2 fully saturated rings. The van der Waals surface area contributed by atoms with Crippen LogP contribution in [0.1, 0.15) is 31.8 Å². The lowest BCUT2D eigenvalue weighted by Crippen LogP contribution is -2.49. The van der Waals surface area contributed by atoms with Crippen molar-refractivity contribution >= 4 is 23.2 Å². The maximum absolute atomic E-state index is 13.1. The van der Waals surface area contributed by atoms with Crippen molar-refractivity contribution in [1.29, 1.82) is 0 Å². The van der Waals surface area contributed by atoms with Crippen LogP contribution >= 0.6 is 0 Å². The van der Waals surface area contributed by atoms with Gasteiger partial charge in [-0.05, 0) is 60.7 Å². The van der Waals surface area contributed by atoms with Crippen LogP contribution in [0.2, 0.25) is 0 Å². The minimum Gasteiger partial charge on any atom is -0.368 e. The van der Waals surface area contributed by atoms with Gasteiger partial charge in [0.25, 0.3) is 11.8 Å². The summed E-state index contributed by atoms with van der Waals surface area (Å²) in [6, 6.07) is 16.6. The van der Waals surface area contributed by atoms with Crippen molar-refractivity contribution in [2.24, 2.45) is 0 Å². The number of carbonyl (C=O) groups is 2. The second-order valence-electron chi connectivity index (χ2n) is 10.2. The van der Waals surface area contributed by atoms with Crippen LogP contribution in [0, 0.1) is 0 Å². The second kappa shape index (κ2) is 11.6. The van der Waals surface area contributed by atoms with Crippen LogP contribution < -0.4 is 9.80 Å². The van der Waals surface area contributed by atoms with E-state index in [4.69, 9.17) is 0 Å². The number of rotatable bonds is 4. The molecule has 0 saturated carbocycles. The standard InChI is InChI=1S/C30H28F6N4O2/c31-29(32,33)23-3-1-5-25(19-23)37-11-15-39(16-12-37)27(41)21-7-9-22(10-8-21)28(42)40-17-13-38(14-18-40)26-6-2-4-24(20-26)30(34,35)36/h1-10,19-20H,11-18H2. The van der Waals surface area contributed by atoms with Gasteiger partial charge >= 0.3 is 12.4 Å². The van der Waals surface area contributed by atoms with Crippen molar-refractivity contribution in [3.8, 4) is 0 Å². The lowest BCUT2D eigenvalue weighted by atomic mass is 10.1. The SMILES string of the molecule is O=C(c1ccc(C(=O)N2CCN(c3cccc(C(F)(F)F)c3)CC2)cc1)N1CCN(c2cccc(C(F)(F)F)c2)CC1. The largest absolute Gasteiger partial charge is 0.416 e. The summed E-state index contributed by atoms with van der Waals surface area (Å²) in [4.78, 5) is 33.0. The molecule has 3 aromatic rings. The van der Waals surface area contributed by atoms with E-state index in [-0.39, 0.29) is 11.8 Å². The van der Waals surface area contributed by atoms with Crippen LogP contribution in [0.3, 0.4) is 0 Å². The highest BCUT2D eigenvalue weighted by molar-refractivity contribution is 5.98. The molecule has 0 bridgehead atoms. The zero-order valence-corrected chi connectivity index (χ0v) is 22.5. The van der Waals surface area contributed by atoms with E-state index in [1.54, 1.807) is 46.2 Å². The molecule has 12 heteroatoms. The Hall–Kier alpha value is -4.22. The van der Waals surface area contributed by atoms with Gasteiger partial charge in [-0.2, -0.15) is 26.3 Å². The molecule has 0 aliphatic carbocycles. The minimum atomic E-state index is -4.43. The zero-order chi connectivity index (χ0) is 30.1. The van der Waals surface area contributed by atoms with E-state index in [2.05, 4.69) is 0 Å². The zero-order valence-electron chi connectivity index (χ0n) is 22.5. The lowest BCUT2D eigenvalue weighted by molar-refractivity contribution is -0.138. The van der Waals surface area contributed by atoms with Gasteiger partial charge in [-0.1, -0.05) is 12.1 Å². The van der Waals surface area contributed by atoms with E-state index in [0.29, 0.717) is 74.9 Å². The van der Waals surface area contributed by atoms with Gasteiger partial charge in [0.2, 0.25) is 0 Å². The van der Waals surface area contributed by atoms with Crippen molar-refractivity contribution in [3.63, 3.8) is 0 Å². The molecule has 2 heterocycles. The fraction of sp³-hybridized carbons (Fsp3) is 0.333. The first kappa shape index (κ1) is 29.3. The molecular formula is C30H28F6N4O2. The van der Waals surface area contributed by atoms with Gasteiger partial charge in [-0.3, -0.25) is 9.59 Å². The Morgan fingerprint density at radius 1 is 0.500 bits per heavy atom. The molecule has 0 atom stereocenters. The van der Waals surface area contributed by atoms with E-state index in [0.717, 1.165) is 24.3 Å². The molecule has 42 heavy (non-hydrogen) atoms. The molecule has 222 valence electrons. The first-order valence-electron chi connectivity index (χ1n) is 13.4. The van der Waals surface area contributed by atoms with Crippen molar-refractivity contribution in [2.75, 3.05) is 62.2 Å². The lowest BCUT2D eigenvalue weighted by Gasteiger charge is -2.36. The number of halogens is 6. The Morgan fingerprint density at radius 2 is 0.833 bits per heavy atom. The summed E-state index contributed by atoms with van der Waals surface area (Å²) >= 11 is 0. The average Bonchev–Trinajstić information content (AvgIpc) is 3.00. The Morgan fingerprint density at radius 3 is 1.14 bits per heavy atom. The molecule has 2 aliphatic rings. The van der Waals surface area contributed by atoms with Crippen LogP contribution in [0.4, 0.5) is 37.7 Å². The normalized spacial score (nSPS) is 16.5. The minimum absolute atomic E-state index is 0.229. The molecule has 2 amide bonds. The number of carbonyl (C=O) groups excluding carboxylic acids is 2. The number of hydrogen-bond donors (Lipinski definition) is 0. The quantitative estimate of drug-likeness (QED) is 0.369. The number of nitrogens with zero attached hydrogens (tertiary/aromatic N) is 4. The Balaban J connectivity index is 1.14. The fourth-order valence-corrected chi connectivity index (χ4v) is 5.21. The van der Waals surface area contributed by atoms with Crippen molar-refractivity contribution in [1.82, 2.24) is 9.80 Å². The molecule has 0 unspecified atom stereocenters. The van der Waals surface area contributed by atoms with Gasteiger partial charge in [-0.25, -0.2) is 0 Å². The van der Waals surface area contributed by atoms with E-state index in [1.807, 2.05) is 9.80 Å². The van der Waals surface area contributed by atoms with Crippen molar-refractivity contribution < 1.29 is 35.9 Å². The maximum Gasteiger partial charge on any atom is 0.416 e. The van der Waals surface area contributed by atoms with Gasteiger partial charge in [0.15, 0.2) is 0 Å². The number of hydrogen-bond acceptors (Lipinski definition) is 4. The summed E-state index contributed by atoms with van der Waals surface area (Å²) in [5, 5.41) is 0. The Labute approximate surface area is 238 Å². The predicted molar refractivity (Wildman–Crippen MR) is 146 cm³/mol. The first-order chi connectivity index (χ1) is 19.9. The number of alkyl halides is 6. The van der Waals surface area contributed by atoms with Gasteiger partial charge in [-0.15, -0.1) is 0 Å². The fourth-order valence-electron chi connectivity index (χ4n) is 5.21. The summed E-state index contributed by atoms with van der Waals surface area (Å²) in [7, 11) is 0. The number of benzene rings is 3. The molecule has 6 nitrogen and oxygen atoms in total. The molecule has 3 aromatic carbocycles. The van der Waals surface area contributed by atoms with E-state index >= 15 is 0 Å². The molecule has 2 saturated heterocycles. The van der Waals surface area contributed by atoms with Gasteiger partial charge in [0.05, 0.1) is 11.1 Å². The van der Waals surface area contributed by atoms with Crippen molar-refractivity contribution in [2.45, 2.75) is 12.4 Å². The summed E-state index contributed by atoms with van der Waals surface area (Å²) in [5.74, 6) is -0.459. The Kier molecular flexibility index (Phi) is 8.07. The van der Waals surface area contributed by atoms with Crippen LogP contribution in [0.15, 0.2) is 72.8 Å². The highest BCUT2D eigenvalue weighted by Gasteiger charge is 2.32. The van der Waals surface area contributed by atoms with Gasteiger partial charge < -0.3 is 19.6 Å². The van der Waals surface area contributed by atoms with Crippen LogP contribution in [-0.2, 0) is 12.4 Å². The second-order valence-corrected chi connectivity index (χ2v) is 10.2. The third-order valence-electron chi connectivity index (χ3n) is 7.59. The van der Waals surface area contributed by atoms with Crippen molar-refractivity contribution in [3.05, 3.63) is 95.1 Å². The summed E-state index contributed by atoms with van der Waals surface area (Å²) < 4.78 is 78.4. The van der Waals surface area contributed by atoms with Crippen LogP contribution in [-0.4, -0.2) is 74.0 Å². The smallest absolute Gasteiger partial charge is 0.368 e. The first-order valence-corrected chi connectivity index (χ1v) is 13.4. The van der Waals surface area contributed by atoms with Gasteiger partial charge in [0.1, 0.15) is 0 Å². The summed E-state index contributed by atoms with van der Waals surface area (Å²) in [6.07, 6.45) is -8.86. The molecule has 2 aliphatic heterocycles. The predicted octanol–water partition coefficient (Wildman–Crippen LogP) is 5.65. The third kappa shape index (κ3) is 6.47. The van der Waals surface area contributed by atoms with E-state index in [1.165, 1.54) is 12.1 Å². The molecule has 0 radical (unpaired) electrons. The van der Waals surface area contributed by atoms with E-state index < -0.39 is 23.5 Å². The highest BCUT2D eigenvalue weighted by atomic mass is 19.4. The maximum atomic E-state index is 13.1. The van der Waals surface area contributed by atoms with E-state index in [9.17, 15) is 35.9 Å². The molecule has 0 aromatic heterocycles. The number of piperazine rings is 2. The molecule has 5 rings (SSSR count). The van der Waals surface area contributed by atoms with Crippen LogP contribution in [0.5, 0.6) is 0 Å². The molecular weight excluding hydrogens is 562 g/mol. The van der Waals surface area contributed by atoms with Crippen LogP contribution in [0.25, 0.3) is 0 Å². The molecule has 0 spiro atoms.